The highest BCUT2D eigenvalue weighted by Crippen LogP contribution is 2.09. The fourth-order valence-electron chi connectivity index (χ4n) is 1.21. The first-order chi connectivity index (χ1) is 8.58. The molecular weight excluding hydrogens is 236 g/mol. The van der Waals surface area contributed by atoms with E-state index >= 15 is 0 Å². The first-order valence-corrected chi connectivity index (χ1v) is 4.84. The third-order valence-electron chi connectivity index (χ3n) is 2.02. The number of rotatable bonds is 3. The zero-order valence-electron chi connectivity index (χ0n) is 9.07. The lowest BCUT2D eigenvalue weighted by Crippen LogP contribution is -2.15. The minimum atomic E-state index is -0.690. The van der Waals surface area contributed by atoms with E-state index in [4.69, 9.17) is 11.5 Å². The molecule has 0 saturated carbocycles. The Morgan fingerprint density at radius 2 is 1.22 bits per heavy atom. The Morgan fingerprint density at radius 3 is 1.56 bits per heavy atom. The molecule has 0 aromatic carbocycles. The van der Waals surface area contributed by atoms with E-state index in [2.05, 4.69) is 19.9 Å². The smallest absolute Gasteiger partial charge is 0.267 e. The average Bonchev–Trinajstić information content (AvgIpc) is 2.39. The summed E-state index contributed by atoms with van der Waals surface area (Å²) in [6, 6.07) is 2.73. The van der Waals surface area contributed by atoms with E-state index in [-0.39, 0.29) is 23.0 Å². The molecule has 2 amide bonds. The number of nitrogens with two attached hydrogens (primary N) is 2. The predicted octanol–water partition coefficient (Wildman–Crippen LogP) is -0.869. The average molecular weight is 244 g/mol. The molecule has 0 atom stereocenters. The minimum Gasteiger partial charge on any atom is -0.364 e. The van der Waals surface area contributed by atoms with Crippen LogP contribution in [0.4, 0.5) is 0 Å². The summed E-state index contributed by atoms with van der Waals surface area (Å²) in [5.74, 6) is -1.20. The molecule has 0 fully saturated rings. The monoisotopic (exact) mass is 244 g/mol. The van der Waals surface area contributed by atoms with Crippen LogP contribution in [0.15, 0.2) is 24.5 Å². The molecule has 0 bridgehead atoms. The normalized spacial score (nSPS) is 10.0. The molecule has 0 radical (unpaired) electrons. The van der Waals surface area contributed by atoms with Gasteiger partial charge in [0.2, 0.25) is 0 Å². The molecule has 2 heterocycles. The largest absolute Gasteiger partial charge is 0.364 e. The van der Waals surface area contributed by atoms with E-state index in [0.29, 0.717) is 0 Å². The van der Waals surface area contributed by atoms with Gasteiger partial charge in [-0.3, -0.25) is 9.59 Å². The molecule has 8 heteroatoms. The summed E-state index contributed by atoms with van der Waals surface area (Å²) in [5.41, 5.74) is 10.3. The van der Waals surface area contributed by atoms with Crippen LogP contribution < -0.4 is 11.5 Å². The van der Waals surface area contributed by atoms with Gasteiger partial charge in [0.15, 0.2) is 11.6 Å². The Hall–Kier alpha value is -2.90. The van der Waals surface area contributed by atoms with Gasteiger partial charge in [0, 0.05) is 12.4 Å². The van der Waals surface area contributed by atoms with Gasteiger partial charge in [-0.25, -0.2) is 19.9 Å². The number of carbonyl (C=O) groups excluding carboxylic acids is 2. The lowest BCUT2D eigenvalue weighted by Gasteiger charge is -2.01. The number of carbonyl (C=O) groups is 2. The van der Waals surface area contributed by atoms with Crippen LogP contribution >= 0.6 is 0 Å². The maximum atomic E-state index is 11.0. The summed E-state index contributed by atoms with van der Waals surface area (Å²) in [6.07, 6.45) is 2.70. The highest BCUT2D eigenvalue weighted by molar-refractivity contribution is 5.91. The molecular formula is C10H8N6O2. The zero-order valence-corrected chi connectivity index (χ0v) is 9.07. The van der Waals surface area contributed by atoms with Gasteiger partial charge in [-0.1, -0.05) is 0 Å². The molecule has 90 valence electrons. The Balaban J connectivity index is 2.48. The van der Waals surface area contributed by atoms with Gasteiger partial charge in [0.1, 0.15) is 11.4 Å². The quantitative estimate of drug-likeness (QED) is 0.719. The van der Waals surface area contributed by atoms with E-state index in [9.17, 15) is 9.59 Å². The van der Waals surface area contributed by atoms with Crippen LogP contribution in [0.3, 0.4) is 0 Å². The fourth-order valence-corrected chi connectivity index (χ4v) is 1.21. The first kappa shape index (κ1) is 11.6. The fraction of sp³-hybridized carbons (Fsp3) is 0. The van der Waals surface area contributed by atoms with Crippen LogP contribution in [0.2, 0.25) is 0 Å². The van der Waals surface area contributed by atoms with Crippen LogP contribution in [0, 0.1) is 0 Å². The first-order valence-electron chi connectivity index (χ1n) is 4.84. The number of hydrogen-bond acceptors (Lipinski definition) is 6. The van der Waals surface area contributed by atoms with Gasteiger partial charge in [-0.2, -0.15) is 0 Å². The standard InChI is InChI=1S/C10H8N6O2/c11-7(17)5-1-3-13-9(15-5)10-14-4-2-6(16-10)8(12)18/h1-4H,(H2,11,17)(H2,12,18). The summed E-state index contributed by atoms with van der Waals surface area (Å²) < 4.78 is 0. The van der Waals surface area contributed by atoms with Crippen molar-refractivity contribution in [3.05, 3.63) is 35.9 Å². The molecule has 0 unspecified atom stereocenters. The third-order valence-corrected chi connectivity index (χ3v) is 2.02. The van der Waals surface area contributed by atoms with Crippen LogP contribution in [0.25, 0.3) is 11.6 Å². The maximum absolute atomic E-state index is 11.0. The van der Waals surface area contributed by atoms with Crippen LogP contribution in [0.5, 0.6) is 0 Å². The van der Waals surface area contributed by atoms with Crippen molar-refractivity contribution < 1.29 is 9.59 Å². The molecule has 0 spiro atoms. The Kier molecular flexibility index (Phi) is 2.92. The second-order valence-electron chi connectivity index (χ2n) is 3.26. The molecule has 2 aromatic rings. The Morgan fingerprint density at radius 1 is 0.833 bits per heavy atom. The predicted molar refractivity (Wildman–Crippen MR) is 60.1 cm³/mol. The molecule has 18 heavy (non-hydrogen) atoms. The summed E-state index contributed by atoms with van der Waals surface area (Å²) in [5, 5.41) is 0. The molecule has 2 rings (SSSR count). The van der Waals surface area contributed by atoms with E-state index < -0.39 is 11.8 Å². The summed E-state index contributed by atoms with van der Waals surface area (Å²) in [7, 11) is 0. The van der Waals surface area contributed by atoms with Gasteiger partial charge in [0.05, 0.1) is 0 Å². The lowest BCUT2D eigenvalue weighted by atomic mass is 10.3. The van der Waals surface area contributed by atoms with Crippen molar-refractivity contribution in [2.75, 3.05) is 0 Å². The number of aromatic nitrogens is 4. The topological polar surface area (TPSA) is 138 Å². The third kappa shape index (κ3) is 2.26. The molecule has 2 aromatic heterocycles. The molecule has 0 aliphatic rings. The van der Waals surface area contributed by atoms with E-state index in [1.54, 1.807) is 0 Å². The number of amides is 2. The van der Waals surface area contributed by atoms with E-state index in [1.165, 1.54) is 24.5 Å². The van der Waals surface area contributed by atoms with E-state index in [1.807, 2.05) is 0 Å². The molecule has 0 saturated heterocycles. The molecule has 8 nitrogen and oxygen atoms in total. The molecule has 4 N–H and O–H groups in total. The summed E-state index contributed by atoms with van der Waals surface area (Å²) in [4.78, 5) is 37.5. The molecule has 0 aliphatic heterocycles. The highest BCUT2D eigenvalue weighted by Gasteiger charge is 2.11. The summed E-state index contributed by atoms with van der Waals surface area (Å²) in [6.45, 7) is 0. The van der Waals surface area contributed by atoms with Crippen molar-refractivity contribution in [1.82, 2.24) is 19.9 Å². The van der Waals surface area contributed by atoms with Gasteiger partial charge < -0.3 is 11.5 Å². The summed E-state index contributed by atoms with van der Waals surface area (Å²) >= 11 is 0. The second-order valence-corrected chi connectivity index (χ2v) is 3.26. The zero-order chi connectivity index (χ0) is 13.1. The van der Waals surface area contributed by atoms with E-state index in [0.717, 1.165) is 0 Å². The second kappa shape index (κ2) is 4.53. The van der Waals surface area contributed by atoms with Gasteiger partial charge in [-0.15, -0.1) is 0 Å². The number of nitrogens with zero attached hydrogens (tertiary/aromatic N) is 4. The van der Waals surface area contributed by atoms with Crippen molar-refractivity contribution in [1.29, 1.82) is 0 Å². The van der Waals surface area contributed by atoms with Gasteiger partial charge in [0.25, 0.3) is 11.8 Å². The lowest BCUT2D eigenvalue weighted by molar-refractivity contribution is 0.0986. The van der Waals surface area contributed by atoms with Gasteiger partial charge in [-0.05, 0) is 12.1 Å². The van der Waals surface area contributed by atoms with Crippen molar-refractivity contribution >= 4 is 11.8 Å². The van der Waals surface area contributed by atoms with Crippen LogP contribution in [-0.2, 0) is 0 Å². The van der Waals surface area contributed by atoms with Crippen molar-refractivity contribution in [2.45, 2.75) is 0 Å². The van der Waals surface area contributed by atoms with Crippen molar-refractivity contribution in [3.8, 4) is 11.6 Å². The number of primary amides is 2. The van der Waals surface area contributed by atoms with Gasteiger partial charge >= 0.3 is 0 Å². The Bertz CT molecular complexity index is 572. The van der Waals surface area contributed by atoms with Crippen molar-refractivity contribution in [3.63, 3.8) is 0 Å². The SMILES string of the molecule is NC(=O)c1ccnc(-c2nccc(C(N)=O)n2)n1. The molecule has 0 aliphatic carbocycles. The van der Waals surface area contributed by atoms with Crippen LogP contribution in [0.1, 0.15) is 21.0 Å². The minimum absolute atomic E-state index is 0.0353. The maximum Gasteiger partial charge on any atom is 0.267 e. The van der Waals surface area contributed by atoms with Crippen molar-refractivity contribution in [2.24, 2.45) is 11.5 Å². The van der Waals surface area contributed by atoms with Crippen LogP contribution in [-0.4, -0.2) is 31.8 Å². The highest BCUT2D eigenvalue weighted by atomic mass is 16.1. The number of hydrogen-bond donors (Lipinski definition) is 2. The Labute approximate surface area is 101 Å².